The predicted molar refractivity (Wildman–Crippen MR) is 91.8 cm³/mol. The van der Waals surface area contributed by atoms with Gasteiger partial charge in [0, 0.05) is 19.3 Å². The van der Waals surface area contributed by atoms with Gasteiger partial charge in [-0.05, 0) is 35.0 Å². The number of hydrogen-bond donors (Lipinski definition) is 1. The third kappa shape index (κ3) is 3.94. The van der Waals surface area contributed by atoms with Crippen molar-refractivity contribution in [3.63, 3.8) is 0 Å². The molecule has 0 aliphatic rings. The number of rotatable bonds is 6. The van der Waals surface area contributed by atoms with Gasteiger partial charge < -0.3 is 19.2 Å². The van der Waals surface area contributed by atoms with Crippen LogP contribution < -0.4 is 14.7 Å². The number of halogens is 1. The Labute approximate surface area is 153 Å². The Balaban J connectivity index is 2.49. The van der Waals surface area contributed by atoms with Gasteiger partial charge in [-0.1, -0.05) is 0 Å². The monoisotopic (exact) mass is 427 g/mol. The summed E-state index contributed by atoms with van der Waals surface area (Å²) in [5.74, 6) is -0.758. The highest BCUT2D eigenvalue weighted by Crippen LogP contribution is 2.38. The van der Waals surface area contributed by atoms with Crippen LogP contribution >= 0.6 is 15.9 Å². The molecule has 0 aliphatic carbocycles. The standard InChI is InChI=1S/C15H14BrN3O5S/c1-3-23-13-5-9(7-17)4-11(16)14(13)24-25(21,22)10-6-12(15(18)20)19(2)8-10/h4-6,8H,3H2,1-2H3,(H2,18,20). The summed E-state index contributed by atoms with van der Waals surface area (Å²) < 4.78 is 37.1. The molecule has 8 nitrogen and oxygen atoms in total. The van der Waals surface area contributed by atoms with Gasteiger partial charge in [0.15, 0.2) is 11.5 Å². The fourth-order valence-electron chi connectivity index (χ4n) is 2.05. The highest BCUT2D eigenvalue weighted by Gasteiger charge is 2.25. The van der Waals surface area contributed by atoms with Gasteiger partial charge in [-0.3, -0.25) is 4.79 Å². The number of benzene rings is 1. The van der Waals surface area contributed by atoms with Crippen LogP contribution in [0, 0.1) is 11.3 Å². The summed E-state index contributed by atoms with van der Waals surface area (Å²) in [5.41, 5.74) is 5.48. The van der Waals surface area contributed by atoms with Gasteiger partial charge in [-0.2, -0.15) is 13.7 Å². The van der Waals surface area contributed by atoms with Crippen molar-refractivity contribution in [3.8, 4) is 17.6 Å². The molecule has 1 amide bonds. The van der Waals surface area contributed by atoms with Gasteiger partial charge >= 0.3 is 10.1 Å². The number of nitrogens with zero attached hydrogens (tertiary/aromatic N) is 2. The van der Waals surface area contributed by atoms with E-state index < -0.39 is 16.0 Å². The maximum Gasteiger partial charge on any atom is 0.340 e. The third-order valence-corrected chi connectivity index (χ3v) is 4.93. The number of amides is 1. The van der Waals surface area contributed by atoms with E-state index in [-0.39, 0.29) is 38.7 Å². The summed E-state index contributed by atoms with van der Waals surface area (Å²) in [6, 6.07) is 5.85. The zero-order chi connectivity index (χ0) is 18.8. The molecule has 0 radical (unpaired) electrons. The van der Waals surface area contributed by atoms with Crippen molar-refractivity contribution in [2.45, 2.75) is 11.8 Å². The number of aryl methyl sites for hydroxylation is 1. The Kier molecular flexibility index (Phi) is 5.39. The Bertz CT molecular complexity index is 976. The maximum atomic E-state index is 12.5. The molecule has 0 bridgehead atoms. The van der Waals surface area contributed by atoms with E-state index in [0.29, 0.717) is 0 Å². The normalized spacial score (nSPS) is 11.0. The molecule has 1 aromatic heterocycles. The van der Waals surface area contributed by atoms with Crippen LogP contribution in [0.25, 0.3) is 0 Å². The number of aromatic nitrogens is 1. The largest absolute Gasteiger partial charge is 0.490 e. The van der Waals surface area contributed by atoms with Crippen LogP contribution in [0.15, 0.2) is 33.8 Å². The number of nitrogens with two attached hydrogens (primary N) is 1. The van der Waals surface area contributed by atoms with Gasteiger partial charge in [0.1, 0.15) is 10.6 Å². The first-order chi connectivity index (χ1) is 11.7. The first kappa shape index (κ1) is 18.8. The molecular formula is C15H14BrN3O5S. The molecule has 1 heterocycles. The summed E-state index contributed by atoms with van der Waals surface area (Å²) in [6.45, 7) is 1.95. The molecule has 0 atom stereocenters. The van der Waals surface area contributed by atoms with E-state index in [0.717, 1.165) is 6.07 Å². The van der Waals surface area contributed by atoms with Crippen molar-refractivity contribution in [2.24, 2.45) is 12.8 Å². The fraction of sp³-hybridized carbons (Fsp3) is 0.200. The summed E-state index contributed by atoms with van der Waals surface area (Å²) in [6.07, 6.45) is 1.22. The van der Waals surface area contributed by atoms with E-state index in [1.807, 2.05) is 6.07 Å². The van der Waals surface area contributed by atoms with Crippen LogP contribution in [0.4, 0.5) is 0 Å². The SMILES string of the molecule is CCOc1cc(C#N)cc(Br)c1OS(=O)(=O)c1cc(C(N)=O)n(C)c1. The van der Waals surface area contributed by atoms with Crippen molar-refractivity contribution >= 4 is 32.0 Å². The van der Waals surface area contributed by atoms with Crippen molar-refractivity contribution in [1.82, 2.24) is 4.57 Å². The Hall–Kier alpha value is -2.51. The number of primary amides is 1. The molecule has 0 spiro atoms. The number of hydrogen-bond acceptors (Lipinski definition) is 6. The summed E-state index contributed by atoms with van der Waals surface area (Å²) in [4.78, 5) is 11.1. The molecule has 25 heavy (non-hydrogen) atoms. The molecule has 1 aromatic carbocycles. The van der Waals surface area contributed by atoms with Crippen LogP contribution in [0.5, 0.6) is 11.5 Å². The number of carbonyl (C=O) groups excluding carboxylic acids is 1. The van der Waals surface area contributed by atoms with Gasteiger partial charge in [0.25, 0.3) is 5.91 Å². The van der Waals surface area contributed by atoms with E-state index in [1.165, 1.54) is 29.9 Å². The molecule has 2 N–H and O–H groups in total. The lowest BCUT2D eigenvalue weighted by molar-refractivity contribution is 0.0992. The molecule has 2 aromatic rings. The number of carbonyl (C=O) groups is 1. The Morgan fingerprint density at radius 3 is 2.60 bits per heavy atom. The van der Waals surface area contributed by atoms with Crippen molar-refractivity contribution in [3.05, 3.63) is 40.1 Å². The smallest absolute Gasteiger partial charge is 0.340 e. The minimum absolute atomic E-state index is 0.0195. The number of nitriles is 1. The lowest BCUT2D eigenvalue weighted by Gasteiger charge is -2.13. The minimum atomic E-state index is -4.25. The topological polar surface area (TPSA) is 124 Å². The second-order valence-electron chi connectivity index (χ2n) is 4.90. The minimum Gasteiger partial charge on any atom is -0.490 e. The van der Waals surface area contributed by atoms with E-state index in [9.17, 15) is 13.2 Å². The second kappa shape index (κ2) is 7.16. The molecule has 0 unspecified atom stereocenters. The zero-order valence-electron chi connectivity index (χ0n) is 13.3. The summed E-state index contributed by atoms with van der Waals surface area (Å²) >= 11 is 3.18. The van der Waals surface area contributed by atoms with Crippen molar-refractivity contribution in [1.29, 1.82) is 5.26 Å². The molecule has 0 aliphatic heterocycles. The zero-order valence-corrected chi connectivity index (χ0v) is 15.7. The Morgan fingerprint density at radius 2 is 2.08 bits per heavy atom. The fourth-order valence-corrected chi connectivity index (χ4v) is 3.71. The highest BCUT2D eigenvalue weighted by atomic mass is 79.9. The van der Waals surface area contributed by atoms with Crippen molar-refractivity contribution in [2.75, 3.05) is 6.61 Å². The molecule has 132 valence electrons. The summed E-state index contributed by atoms with van der Waals surface area (Å²) in [5, 5.41) is 9.01. The van der Waals surface area contributed by atoms with Gasteiger partial charge in [-0.15, -0.1) is 0 Å². The molecule has 2 rings (SSSR count). The molecule has 0 saturated carbocycles. The van der Waals surface area contributed by atoms with Crippen molar-refractivity contribution < 1.29 is 22.1 Å². The summed E-state index contributed by atoms with van der Waals surface area (Å²) in [7, 11) is -2.76. The molecule has 10 heteroatoms. The van der Waals surface area contributed by atoms with E-state index in [1.54, 1.807) is 6.92 Å². The van der Waals surface area contributed by atoms with Gasteiger partial charge in [-0.25, -0.2) is 0 Å². The van der Waals surface area contributed by atoms with Gasteiger partial charge in [0.05, 0.1) is 22.7 Å². The van der Waals surface area contributed by atoms with Crippen LogP contribution in [0.3, 0.4) is 0 Å². The quantitative estimate of drug-likeness (QED) is 0.701. The van der Waals surface area contributed by atoms with E-state index in [2.05, 4.69) is 15.9 Å². The average molecular weight is 428 g/mol. The third-order valence-electron chi connectivity index (χ3n) is 3.15. The van der Waals surface area contributed by atoms with Gasteiger partial charge in [0.2, 0.25) is 0 Å². The number of ether oxygens (including phenoxy) is 1. The lowest BCUT2D eigenvalue weighted by atomic mass is 10.2. The molecular weight excluding hydrogens is 414 g/mol. The lowest BCUT2D eigenvalue weighted by Crippen LogP contribution is -2.14. The molecule has 0 fully saturated rings. The van der Waals surface area contributed by atoms with E-state index >= 15 is 0 Å². The predicted octanol–water partition coefficient (Wildman–Crippen LogP) is 1.92. The maximum absolute atomic E-state index is 12.5. The first-order valence-corrected chi connectivity index (χ1v) is 9.16. The van der Waals surface area contributed by atoms with E-state index in [4.69, 9.17) is 19.9 Å². The van der Waals surface area contributed by atoms with Crippen LogP contribution in [-0.4, -0.2) is 25.5 Å². The van der Waals surface area contributed by atoms with Crippen LogP contribution in [-0.2, 0) is 17.2 Å². The Morgan fingerprint density at radius 1 is 1.40 bits per heavy atom. The highest BCUT2D eigenvalue weighted by molar-refractivity contribution is 9.10. The first-order valence-electron chi connectivity index (χ1n) is 6.96. The van der Waals surface area contributed by atoms with Crippen LogP contribution in [0.2, 0.25) is 0 Å². The van der Waals surface area contributed by atoms with Crippen LogP contribution in [0.1, 0.15) is 23.0 Å². The molecule has 0 saturated heterocycles. The average Bonchev–Trinajstić information content (AvgIpc) is 2.93. The second-order valence-corrected chi connectivity index (χ2v) is 7.30.